The number of amides is 1. The van der Waals surface area contributed by atoms with E-state index in [9.17, 15) is 4.79 Å². The molecule has 1 N–H and O–H groups in total. The highest BCUT2D eigenvalue weighted by molar-refractivity contribution is 5.78. The molecule has 2 aromatic rings. The van der Waals surface area contributed by atoms with Crippen LogP contribution in [0.25, 0.3) is 11.1 Å². The maximum absolute atomic E-state index is 11.6. The molecule has 20 heavy (non-hydrogen) atoms. The van der Waals surface area contributed by atoms with E-state index in [4.69, 9.17) is 4.74 Å². The quantitative estimate of drug-likeness (QED) is 0.906. The van der Waals surface area contributed by atoms with E-state index in [0.717, 1.165) is 24.0 Å². The molecule has 1 fully saturated rings. The Hall–Kier alpha value is -2.36. The Morgan fingerprint density at radius 1 is 1.20 bits per heavy atom. The van der Waals surface area contributed by atoms with E-state index in [1.54, 1.807) is 12.4 Å². The third-order valence-electron chi connectivity index (χ3n) is 3.16. The van der Waals surface area contributed by atoms with E-state index < -0.39 is 0 Å². The molecule has 4 heteroatoms. The lowest BCUT2D eigenvalue weighted by molar-refractivity contribution is -0.123. The first-order chi connectivity index (χ1) is 9.81. The molecular weight excluding hydrogens is 252 g/mol. The largest absolute Gasteiger partial charge is 0.484 e. The Bertz CT molecular complexity index is 594. The van der Waals surface area contributed by atoms with Gasteiger partial charge < -0.3 is 10.1 Å². The van der Waals surface area contributed by atoms with Crippen molar-refractivity contribution < 1.29 is 9.53 Å². The van der Waals surface area contributed by atoms with Crippen molar-refractivity contribution in [2.75, 3.05) is 6.61 Å². The maximum Gasteiger partial charge on any atom is 0.258 e. The monoisotopic (exact) mass is 268 g/mol. The first-order valence-corrected chi connectivity index (χ1v) is 6.74. The van der Waals surface area contributed by atoms with Crippen LogP contribution >= 0.6 is 0 Å². The van der Waals surface area contributed by atoms with E-state index in [2.05, 4.69) is 10.3 Å². The fourth-order valence-electron chi connectivity index (χ4n) is 1.96. The van der Waals surface area contributed by atoms with Crippen LogP contribution < -0.4 is 10.1 Å². The number of hydrogen-bond donors (Lipinski definition) is 1. The lowest BCUT2D eigenvalue weighted by Gasteiger charge is -2.08. The minimum Gasteiger partial charge on any atom is -0.484 e. The molecule has 0 aliphatic heterocycles. The number of carbonyl (C=O) groups excluding carboxylic acids is 1. The number of rotatable bonds is 5. The van der Waals surface area contributed by atoms with Gasteiger partial charge in [-0.3, -0.25) is 9.78 Å². The number of benzene rings is 1. The fraction of sp³-hybridized carbons (Fsp3) is 0.250. The normalized spacial score (nSPS) is 13.8. The summed E-state index contributed by atoms with van der Waals surface area (Å²) in [4.78, 5) is 15.6. The molecule has 1 heterocycles. The van der Waals surface area contributed by atoms with Gasteiger partial charge in [-0.05, 0) is 48.2 Å². The van der Waals surface area contributed by atoms with Crippen LogP contribution in [0.15, 0.2) is 48.8 Å². The fourth-order valence-corrected chi connectivity index (χ4v) is 1.96. The molecule has 0 unspecified atom stereocenters. The van der Waals surface area contributed by atoms with Crippen molar-refractivity contribution in [3.8, 4) is 16.9 Å². The summed E-state index contributed by atoms with van der Waals surface area (Å²) in [5, 5.41) is 2.90. The van der Waals surface area contributed by atoms with Gasteiger partial charge in [0.1, 0.15) is 5.75 Å². The van der Waals surface area contributed by atoms with Gasteiger partial charge in [-0.15, -0.1) is 0 Å². The molecule has 0 saturated heterocycles. The molecule has 1 aromatic heterocycles. The zero-order valence-electron chi connectivity index (χ0n) is 11.1. The number of hydrogen-bond acceptors (Lipinski definition) is 3. The maximum atomic E-state index is 11.6. The highest BCUT2D eigenvalue weighted by Gasteiger charge is 2.23. The average Bonchev–Trinajstić information content (AvgIpc) is 3.30. The summed E-state index contributed by atoms with van der Waals surface area (Å²) in [5.74, 6) is 0.645. The number of nitrogens with zero attached hydrogens (tertiary/aromatic N) is 1. The highest BCUT2D eigenvalue weighted by Crippen LogP contribution is 2.23. The highest BCUT2D eigenvalue weighted by atomic mass is 16.5. The second-order valence-electron chi connectivity index (χ2n) is 4.89. The molecule has 0 radical (unpaired) electrons. The molecule has 4 nitrogen and oxygen atoms in total. The standard InChI is InChI=1S/C16H16N2O2/c19-16(18-14-4-5-14)11-20-15-3-1-2-13(10-15)12-6-8-17-9-7-12/h1-3,6-10,14H,4-5,11H2,(H,18,19). The van der Waals surface area contributed by atoms with Gasteiger partial charge in [-0.25, -0.2) is 0 Å². The van der Waals surface area contributed by atoms with Gasteiger partial charge in [0.25, 0.3) is 5.91 Å². The molecule has 0 atom stereocenters. The van der Waals surface area contributed by atoms with Crippen LogP contribution in [0.1, 0.15) is 12.8 Å². The van der Waals surface area contributed by atoms with Gasteiger partial charge >= 0.3 is 0 Å². The topological polar surface area (TPSA) is 51.2 Å². The minimum atomic E-state index is -0.0539. The van der Waals surface area contributed by atoms with Crippen LogP contribution in [0, 0.1) is 0 Å². The molecule has 0 spiro atoms. The number of aromatic nitrogens is 1. The smallest absolute Gasteiger partial charge is 0.258 e. The molecule has 1 aliphatic carbocycles. The van der Waals surface area contributed by atoms with Crippen LogP contribution in [0.5, 0.6) is 5.75 Å². The van der Waals surface area contributed by atoms with E-state index >= 15 is 0 Å². The van der Waals surface area contributed by atoms with E-state index in [1.807, 2.05) is 36.4 Å². The third-order valence-corrected chi connectivity index (χ3v) is 3.16. The average molecular weight is 268 g/mol. The number of nitrogens with one attached hydrogen (secondary N) is 1. The van der Waals surface area contributed by atoms with E-state index in [1.165, 1.54) is 0 Å². The van der Waals surface area contributed by atoms with Gasteiger partial charge in [-0.1, -0.05) is 12.1 Å². The van der Waals surface area contributed by atoms with Crippen molar-refractivity contribution in [3.63, 3.8) is 0 Å². The van der Waals surface area contributed by atoms with Gasteiger partial charge in [0.05, 0.1) is 0 Å². The summed E-state index contributed by atoms with van der Waals surface area (Å²) in [5.41, 5.74) is 2.13. The molecule has 1 aliphatic rings. The Kier molecular flexibility index (Phi) is 3.63. The van der Waals surface area contributed by atoms with Crippen molar-refractivity contribution in [2.45, 2.75) is 18.9 Å². The summed E-state index contributed by atoms with van der Waals surface area (Å²) < 4.78 is 5.53. The molecule has 1 saturated carbocycles. The summed E-state index contributed by atoms with van der Waals surface area (Å²) in [6.07, 6.45) is 5.68. The van der Waals surface area contributed by atoms with Gasteiger partial charge in [0.15, 0.2) is 6.61 Å². The van der Waals surface area contributed by atoms with Crippen molar-refractivity contribution in [3.05, 3.63) is 48.8 Å². The van der Waals surface area contributed by atoms with Crippen molar-refractivity contribution in [2.24, 2.45) is 0 Å². The van der Waals surface area contributed by atoms with Crippen LogP contribution in [-0.2, 0) is 4.79 Å². The lowest BCUT2D eigenvalue weighted by atomic mass is 10.1. The number of pyridine rings is 1. The summed E-state index contributed by atoms with van der Waals surface area (Å²) in [6, 6.07) is 12.0. The summed E-state index contributed by atoms with van der Waals surface area (Å²) >= 11 is 0. The Labute approximate surface area is 117 Å². The predicted molar refractivity (Wildman–Crippen MR) is 76.3 cm³/mol. The van der Waals surface area contributed by atoms with Crippen LogP contribution in [0.4, 0.5) is 0 Å². The van der Waals surface area contributed by atoms with Gasteiger partial charge in [0.2, 0.25) is 0 Å². The lowest BCUT2D eigenvalue weighted by Crippen LogP contribution is -2.30. The molecule has 0 bridgehead atoms. The Balaban J connectivity index is 1.63. The molecule has 3 rings (SSSR count). The Morgan fingerprint density at radius 3 is 2.75 bits per heavy atom. The SMILES string of the molecule is O=C(COc1cccc(-c2ccncc2)c1)NC1CC1. The molecule has 1 aromatic carbocycles. The Morgan fingerprint density at radius 2 is 2.00 bits per heavy atom. The molecule has 1 amide bonds. The number of ether oxygens (including phenoxy) is 1. The van der Waals surface area contributed by atoms with Crippen molar-refractivity contribution >= 4 is 5.91 Å². The summed E-state index contributed by atoms with van der Waals surface area (Å²) in [6.45, 7) is 0.0658. The molecular formula is C16H16N2O2. The first kappa shape index (κ1) is 12.7. The van der Waals surface area contributed by atoms with Crippen LogP contribution in [0.2, 0.25) is 0 Å². The van der Waals surface area contributed by atoms with Crippen molar-refractivity contribution in [1.29, 1.82) is 0 Å². The summed E-state index contributed by atoms with van der Waals surface area (Å²) in [7, 11) is 0. The van der Waals surface area contributed by atoms with E-state index in [0.29, 0.717) is 11.8 Å². The number of carbonyl (C=O) groups is 1. The zero-order chi connectivity index (χ0) is 13.8. The zero-order valence-corrected chi connectivity index (χ0v) is 11.1. The van der Waals surface area contributed by atoms with E-state index in [-0.39, 0.29) is 12.5 Å². The minimum absolute atomic E-state index is 0.0539. The second-order valence-corrected chi connectivity index (χ2v) is 4.89. The van der Waals surface area contributed by atoms with Crippen LogP contribution in [0.3, 0.4) is 0 Å². The van der Waals surface area contributed by atoms with Gasteiger partial charge in [-0.2, -0.15) is 0 Å². The second kappa shape index (κ2) is 5.74. The van der Waals surface area contributed by atoms with Gasteiger partial charge in [0, 0.05) is 18.4 Å². The first-order valence-electron chi connectivity index (χ1n) is 6.74. The van der Waals surface area contributed by atoms with Crippen LogP contribution in [-0.4, -0.2) is 23.5 Å². The van der Waals surface area contributed by atoms with Crippen molar-refractivity contribution in [1.82, 2.24) is 10.3 Å². The predicted octanol–water partition coefficient (Wildman–Crippen LogP) is 2.41. The third kappa shape index (κ3) is 3.35. The molecule has 102 valence electrons.